The second kappa shape index (κ2) is 14.6. The Morgan fingerprint density at radius 2 is 0.889 bits per heavy atom. The highest BCUT2D eigenvalue weighted by atomic mass is 16.4. The van der Waals surface area contributed by atoms with E-state index in [1.165, 1.54) is 0 Å². The van der Waals surface area contributed by atoms with E-state index in [0.717, 1.165) is 17.1 Å². The molecule has 10 heteroatoms. The first-order valence-electron chi connectivity index (χ1n) is 11.8. The Hall–Kier alpha value is -3.73. The van der Waals surface area contributed by atoms with Gasteiger partial charge in [0.1, 0.15) is 0 Å². The molecule has 0 saturated heterocycles. The fourth-order valence-electron chi connectivity index (χ4n) is 3.81. The van der Waals surface area contributed by atoms with Crippen molar-refractivity contribution in [1.82, 2.24) is 29.7 Å². The monoisotopic (exact) mass is 492 g/mol. The number of rotatable bonds is 16. The van der Waals surface area contributed by atoms with Crippen molar-refractivity contribution in [1.29, 1.82) is 0 Å². The van der Waals surface area contributed by atoms with Gasteiger partial charge in [0, 0.05) is 64.4 Å². The van der Waals surface area contributed by atoms with Gasteiger partial charge in [0.2, 0.25) is 0 Å². The molecule has 0 spiro atoms. The summed E-state index contributed by atoms with van der Waals surface area (Å²) in [5.41, 5.74) is 2.50. The van der Waals surface area contributed by atoms with Crippen LogP contribution in [0.3, 0.4) is 0 Å². The zero-order valence-corrected chi connectivity index (χ0v) is 20.2. The molecule has 0 unspecified atom stereocenters. The van der Waals surface area contributed by atoms with E-state index in [1.807, 2.05) is 64.4 Å². The number of aliphatic carboxylic acids is 2. The molecule has 0 aromatic carbocycles. The summed E-state index contributed by atoms with van der Waals surface area (Å²) in [6.07, 6.45) is 5.13. The topological polar surface area (TPSA) is 123 Å². The Morgan fingerprint density at radius 3 is 1.19 bits per heavy atom. The molecule has 10 nitrogen and oxygen atoms in total. The number of hydrogen-bond acceptors (Lipinski definition) is 8. The molecule has 0 aliphatic carbocycles. The number of pyridine rings is 3. The summed E-state index contributed by atoms with van der Waals surface area (Å²) in [5, 5.41) is 18.8. The van der Waals surface area contributed by atoms with Crippen LogP contribution in [0.5, 0.6) is 0 Å². The molecule has 2 N–H and O–H groups in total. The van der Waals surface area contributed by atoms with Crippen LogP contribution in [0.4, 0.5) is 0 Å². The third-order valence-corrected chi connectivity index (χ3v) is 5.52. The molecule has 0 bridgehead atoms. The summed E-state index contributed by atoms with van der Waals surface area (Å²) in [6.45, 7) is 3.41. The molecule has 0 aliphatic rings. The zero-order chi connectivity index (χ0) is 25.6. The molecule has 0 amide bonds. The maximum absolute atomic E-state index is 11.5. The van der Waals surface area contributed by atoms with Crippen molar-refractivity contribution in [2.24, 2.45) is 0 Å². The molecule has 190 valence electrons. The van der Waals surface area contributed by atoms with Gasteiger partial charge in [-0.05, 0) is 36.4 Å². The highest BCUT2D eigenvalue weighted by molar-refractivity contribution is 5.69. The van der Waals surface area contributed by atoms with Crippen LogP contribution >= 0.6 is 0 Å². The lowest BCUT2D eigenvalue weighted by Crippen LogP contribution is -2.41. The molecule has 0 radical (unpaired) electrons. The van der Waals surface area contributed by atoms with E-state index >= 15 is 0 Å². The molecule has 36 heavy (non-hydrogen) atoms. The van der Waals surface area contributed by atoms with Crippen LogP contribution in [-0.4, -0.2) is 91.1 Å². The molecular weight excluding hydrogens is 460 g/mol. The number of nitrogens with zero attached hydrogens (tertiary/aromatic N) is 6. The van der Waals surface area contributed by atoms with Crippen molar-refractivity contribution in [2.45, 2.75) is 19.6 Å². The summed E-state index contributed by atoms with van der Waals surface area (Å²) < 4.78 is 0. The molecule has 0 saturated carbocycles. The molecule has 0 atom stereocenters. The number of aromatic nitrogens is 3. The average Bonchev–Trinajstić information content (AvgIpc) is 2.86. The van der Waals surface area contributed by atoms with Crippen LogP contribution in [0.15, 0.2) is 73.2 Å². The van der Waals surface area contributed by atoms with E-state index in [-0.39, 0.29) is 13.1 Å². The van der Waals surface area contributed by atoms with Gasteiger partial charge in [-0.15, -0.1) is 0 Å². The standard InChI is InChI=1S/C26H32N6O4/c33-25(34)20-31(18-23-8-2-5-11-28-23)15-13-30(17-22-7-1-4-10-27-22)14-16-32(21-26(35)36)19-24-9-3-6-12-29-24/h1-12H,13-21H2,(H,33,34)(H,35,36). The van der Waals surface area contributed by atoms with E-state index in [1.54, 1.807) is 18.6 Å². The van der Waals surface area contributed by atoms with Crippen LogP contribution in [0.25, 0.3) is 0 Å². The smallest absolute Gasteiger partial charge is 0.317 e. The summed E-state index contributed by atoms with van der Waals surface area (Å²) in [6, 6.07) is 16.9. The maximum Gasteiger partial charge on any atom is 0.317 e. The second-order valence-corrected chi connectivity index (χ2v) is 8.45. The molecular formula is C26H32N6O4. The van der Waals surface area contributed by atoms with Crippen LogP contribution in [0.2, 0.25) is 0 Å². The van der Waals surface area contributed by atoms with Crippen LogP contribution < -0.4 is 0 Å². The predicted molar refractivity (Wildman–Crippen MR) is 134 cm³/mol. The van der Waals surface area contributed by atoms with E-state index in [2.05, 4.69) is 19.9 Å². The first-order chi connectivity index (χ1) is 17.5. The quantitative estimate of drug-likeness (QED) is 0.306. The van der Waals surface area contributed by atoms with Crippen LogP contribution in [0, 0.1) is 0 Å². The third-order valence-electron chi connectivity index (χ3n) is 5.52. The van der Waals surface area contributed by atoms with Crippen molar-refractivity contribution in [3.63, 3.8) is 0 Å². The third kappa shape index (κ3) is 10.3. The van der Waals surface area contributed by atoms with Gasteiger partial charge < -0.3 is 10.2 Å². The Kier molecular flexibility index (Phi) is 10.9. The summed E-state index contributed by atoms with van der Waals surface area (Å²) in [5.74, 6) is -1.80. The van der Waals surface area contributed by atoms with E-state index in [0.29, 0.717) is 45.8 Å². The minimum Gasteiger partial charge on any atom is -0.480 e. The summed E-state index contributed by atoms with van der Waals surface area (Å²) in [4.78, 5) is 41.9. The van der Waals surface area contributed by atoms with Crippen molar-refractivity contribution in [3.8, 4) is 0 Å². The van der Waals surface area contributed by atoms with Gasteiger partial charge >= 0.3 is 11.9 Å². The lowest BCUT2D eigenvalue weighted by molar-refractivity contribution is -0.139. The number of hydrogen-bond donors (Lipinski definition) is 2. The number of carboxylic acids is 2. The Bertz CT molecular complexity index is 990. The summed E-state index contributed by atoms with van der Waals surface area (Å²) >= 11 is 0. The Morgan fingerprint density at radius 1 is 0.556 bits per heavy atom. The van der Waals surface area contributed by atoms with Gasteiger partial charge in [-0.2, -0.15) is 0 Å². The van der Waals surface area contributed by atoms with Crippen molar-refractivity contribution < 1.29 is 19.8 Å². The SMILES string of the molecule is O=C(O)CN(CCN(CCN(CC(=O)O)Cc1ccccn1)Cc1ccccn1)Cc1ccccn1. The van der Waals surface area contributed by atoms with Crippen molar-refractivity contribution in [3.05, 3.63) is 90.3 Å². The minimum atomic E-state index is -0.898. The van der Waals surface area contributed by atoms with Crippen LogP contribution in [0.1, 0.15) is 17.1 Å². The van der Waals surface area contributed by atoms with Gasteiger partial charge in [-0.25, -0.2) is 0 Å². The number of carboxylic acid groups (broad SMARTS) is 2. The molecule has 0 fully saturated rings. The largest absolute Gasteiger partial charge is 0.480 e. The first-order valence-corrected chi connectivity index (χ1v) is 11.8. The number of carbonyl (C=O) groups is 2. The van der Waals surface area contributed by atoms with Crippen molar-refractivity contribution >= 4 is 11.9 Å². The average molecular weight is 493 g/mol. The minimum absolute atomic E-state index is 0.0984. The lowest BCUT2D eigenvalue weighted by atomic mass is 10.3. The predicted octanol–water partition coefficient (Wildman–Crippen LogP) is 1.85. The fourth-order valence-corrected chi connectivity index (χ4v) is 3.81. The Balaban J connectivity index is 1.67. The van der Waals surface area contributed by atoms with Gasteiger partial charge in [0.25, 0.3) is 0 Å². The van der Waals surface area contributed by atoms with Gasteiger partial charge in [0.05, 0.1) is 30.2 Å². The zero-order valence-electron chi connectivity index (χ0n) is 20.2. The first kappa shape index (κ1) is 26.9. The van der Waals surface area contributed by atoms with E-state index in [9.17, 15) is 19.8 Å². The molecule has 0 aliphatic heterocycles. The van der Waals surface area contributed by atoms with Crippen LogP contribution in [-0.2, 0) is 29.2 Å². The Labute approximate surface area is 210 Å². The highest BCUT2D eigenvalue weighted by Gasteiger charge is 2.17. The van der Waals surface area contributed by atoms with Crippen molar-refractivity contribution in [2.75, 3.05) is 39.3 Å². The normalized spacial score (nSPS) is 11.3. The summed E-state index contributed by atoms with van der Waals surface area (Å²) in [7, 11) is 0. The highest BCUT2D eigenvalue weighted by Crippen LogP contribution is 2.07. The molecule has 3 heterocycles. The van der Waals surface area contributed by atoms with Gasteiger partial charge in [-0.1, -0.05) is 18.2 Å². The lowest BCUT2D eigenvalue weighted by Gasteiger charge is -2.29. The molecule has 3 aromatic heterocycles. The van der Waals surface area contributed by atoms with Gasteiger partial charge in [-0.3, -0.25) is 39.2 Å². The molecule has 3 rings (SSSR count). The molecule has 3 aromatic rings. The van der Waals surface area contributed by atoms with E-state index in [4.69, 9.17) is 0 Å². The van der Waals surface area contributed by atoms with Gasteiger partial charge in [0.15, 0.2) is 0 Å². The second-order valence-electron chi connectivity index (χ2n) is 8.45. The maximum atomic E-state index is 11.5. The fraction of sp³-hybridized carbons (Fsp3) is 0.346. The van der Waals surface area contributed by atoms with E-state index < -0.39 is 11.9 Å².